The van der Waals surface area contributed by atoms with Crippen LogP contribution < -0.4 is 0 Å². The molecule has 2 aromatic carbocycles. The lowest BCUT2D eigenvalue weighted by Crippen LogP contribution is -2.02. The summed E-state index contributed by atoms with van der Waals surface area (Å²) in [6.07, 6.45) is 1.26. The number of hydrogen-bond acceptors (Lipinski definition) is 2. The zero-order valence-corrected chi connectivity index (χ0v) is 16.1. The Morgan fingerprint density at radius 2 is 2.00 bits per heavy atom. The third-order valence-corrected chi connectivity index (χ3v) is 5.08. The monoisotopic (exact) mass is 476 g/mol. The Labute approximate surface area is 148 Å². The van der Waals surface area contributed by atoms with Crippen LogP contribution in [-0.4, -0.2) is 5.78 Å². The molecule has 1 atom stereocenters. The second-order valence-corrected chi connectivity index (χ2v) is 7.20. The second-order valence-electron chi connectivity index (χ2n) is 4.58. The minimum atomic E-state index is 0.171. The molecule has 0 amide bonds. The molecule has 0 heterocycles. The summed E-state index contributed by atoms with van der Waals surface area (Å²) >= 11 is 5.71. The van der Waals surface area contributed by atoms with Gasteiger partial charge in [0.15, 0.2) is 5.78 Å². The molecule has 0 N–H and O–H groups in total. The van der Waals surface area contributed by atoms with Crippen LogP contribution in [-0.2, 0) is 17.6 Å². The molecule has 0 aromatic heterocycles. The fourth-order valence-corrected chi connectivity index (χ4v) is 3.21. The van der Waals surface area contributed by atoms with Crippen LogP contribution in [0.15, 0.2) is 53.0 Å². The molecule has 0 aliphatic carbocycles. The van der Waals surface area contributed by atoms with E-state index in [0.29, 0.717) is 19.5 Å². The van der Waals surface area contributed by atoms with Gasteiger partial charge >= 0.3 is 0 Å². The van der Waals surface area contributed by atoms with Gasteiger partial charge in [-0.15, -0.1) is 0 Å². The smallest absolute Gasteiger partial charge is 0.163 e. The number of Topliss-reactive ketones (excluding diaryl/α,β-unsaturated/α-hetero) is 1. The minimum Gasteiger partial charge on any atom is -0.347 e. The van der Waals surface area contributed by atoms with E-state index in [-0.39, 0.29) is 5.78 Å². The first kappa shape index (κ1) is 17.1. The first-order valence-corrected chi connectivity index (χ1v) is 11.3. The molecule has 110 valence electrons. The van der Waals surface area contributed by atoms with Crippen molar-refractivity contribution >= 4 is 50.2 Å². The van der Waals surface area contributed by atoms with Crippen LogP contribution in [0, 0.1) is 0 Å². The molecule has 0 saturated carbocycles. The zero-order valence-electron chi connectivity index (χ0n) is 11.3. The van der Waals surface area contributed by atoms with Crippen LogP contribution in [0.1, 0.15) is 27.9 Å². The lowest BCUT2D eigenvalue weighted by Gasteiger charge is -2.06. The number of carbonyl (C=O) groups is 1. The van der Waals surface area contributed by atoms with Crippen molar-refractivity contribution in [1.29, 1.82) is 0 Å². The molecular weight excluding hydrogens is 462 g/mol. The summed E-state index contributed by atoms with van der Waals surface area (Å²) in [6.45, 7) is 0.997. The maximum atomic E-state index is 12.3. The van der Waals surface area contributed by atoms with Gasteiger partial charge in [0.05, 0.1) is 13.1 Å². The van der Waals surface area contributed by atoms with Crippen LogP contribution in [0.2, 0.25) is 0 Å². The molecule has 0 radical (unpaired) electrons. The molecular formula is C16H15BrIO2P. The summed E-state index contributed by atoms with van der Waals surface area (Å²) in [6, 6.07) is 15.7. The molecule has 2 nitrogen and oxygen atoms in total. The number of aryl methyl sites for hydroxylation is 1. The Morgan fingerprint density at radius 3 is 2.76 bits per heavy atom. The highest BCUT2D eigenvalue weighted by molar-refractivity contribution is 14.2. The molecule has 0 aliphatic rings. The van der Waals surface area contributed by atoms with E-state index in [0.717, 1.165) is 27.6 Å². The van der Waals surface area contributed by atoms with Crippen molar-refractivity contribution in [3.8, 4) is 0 Å². The van der Waals surface area contributed by atoms with E-state index in [4.69, 9.17) is 4.52 Å². The molecule has 0 saturated heterocycles. The topological polar surface area (TPSA) is 26.3 Å². The van der Waals surface area contributed by atoms with Crippen molar-refractivity contribution in [2.75, 3.05) is 0 Å². The summed E-state index contributed by atoms with van der Waals surface area (Å²) in [5.74, 6) is 0.171. The number of hydrogen-bond donors (Lipinski definition) is 0. The first-order chi connectivity index (χ1) is 10.2. The second kappa shape index (κ2) is 8.99. The molecule has 0 bridgehead atoms. The fraction of sp³-hybridized carbons (Fsp3) is 0.188. The number of rotatable bonds is 7. The standard InChI is InChI=1S/C16H15BrIO2P/c17-15-7-2-1-5-13(15)8-9-16(19)14-6-3-4-12(10-14)11-20-21-18/h1-7,10,21H,8-9,11H2. The van der Waals surface area contributed by atoms with E-state index in [1.54, 1.807) is 0 Å². The van der Waals surface area contributed by atoms with Gasteiger partial charge in [-0.2, -0.15) is 0 Å². The van der Waals surface area contributed by atoms with Crippen LogP contribution >= 0.6 is 44.4 Å². The van der Waals surface area contributed by atoms with Gasteiger partial charge in [-0.25, -0.2) is 0 Å². The predicted octanol–water partition coefficient (Wildman–Crippen LogP) is 5.72. The van der Waals surface area contributed by atoms with Gasteiger partial charge in [-0.05, 0) is 51.7 Å². The quantitative estimate of drug-likeness (QED) is 0.290. The molecule has 0 spiro atoms. The summed E-state index contributed by atoms with van der Waals surface area (Å²) in [5.41, 5.74) is 2.97. The Hall–Kier alpha value is -0.290. The third kappa shape index (κ3) is 5.44. The first-order valence-electron chi connectivity index (χ1n) is 6.53. The van der Waals surface area contributed by atoms with Crippen LogP contribution in [0.3, 0.4) is 0 Å². The van der Waals surface area contributed by atoms with Gasteiger partial charge in [0.1, 0.15) is 0 Å². The van der Waals surface area contributed by atoms with E-state index in [9.17, 15) is 4.79 Å². The van der Waals surface area contributed by atoms with Gasteiger partial charge in [0, 0.05) is 16.5 Å². The minimum absolute atomic E-state index is 0.171. The van der Waals surface area contributed by atoms with Gasteiger partial charge < -0.3 is 4.52 Å². The van der Waals surface area contributed by atoms with E-state index >= 15 is 0 Å². The summed E-state index contributed by atoms with van der Waals surface area (Å²) < 4.78 is 6.45. The lowest BCUT2D eigenvalue weighted by molar-refractivity contribution is 0.0982. The van der Waals surface area contributed by atoms with Crippen molar-refractivity contribution in [2.45, 2.75) is 19.4 Å². The van der Waals surface area contributed by atoms with Crippen LogP contribution in [0.5, 0.6) is 0 Å². The highest BCUT2D eigenvalue weighted by atomic mass is 127. The molecule has 0 aliphatic heterocycles. The van der Waals surface area contributed by atoms with Crippen molar-refractivity contribution in [3.05, 3.63) is 69.7 Å². The fourth-order valence-electron chi connectivity index (χ4n) is 2.04. The van der Waals surface area contributed by atoms with Crippen molar-refractivity contribution in [1.82, 2.24) is 0 Å². The summed E-state index contributed by atoms with van der Waals surface area (Å²) in [7, 11) is 0. The number of halogens is 2. The maximum Gasteiger partial charge on any atom is 0.163 e. The number of benzene rings is 2. The highest BCUT2D eigenvalue weighted by Crippen LogP contribution is 2.24. The predicted molar refractivity (Wildman–Crippen MR) is 100 cm³/mol. The Bertz CT molecular complexity index is 619. The van der Waals surface area contributed by atoms with E-state index in [1.165, 1.54) is 0 Å². The largest absolute Gasteiger partial charge is 0.347 e. The molecule has 2 rings (SSSR count). The molecule has 2 aromatic rings. The Balaban J connectivity index is 1.98. The molecule has 1 unspecified atom stereocenters. The van der Waals surface area contributed by atoms with E-state index in [2.05, 4.69) is 38.0 Å². The van der Waals surface area contributed by atoms with Gasteiger partial charge in [-0.3, -0.25) is 4.79 Å². The van der Waals surface area contributed by atoms with E-state index in [1.807, 2.05) is 48.5 Å². The average Bonchev–Trinajstić information content (AvgIpc) is 2.52. The Kier molecular flexibility index (Phi) is 7.30. The normalized spacial score (nSPS) is 11.1. The number of carbonyl (C=O) groups excluding carboxylic acids is 1. The number of ketones is 1. The zero-order chi connectivity index (χ0) is 15.1. The third-order valence-electron chi connectivity index (χ3n) is 3.12. The maximum absolute atomic E-state index is 12.3. The van der Waals surface area contributed by atoms with Crippen molar-refractivity contribution in [3.63, 3.8) is 0 Å². The summed E-state index contributed by atoms with van der Waals surface area (Å²) in [4.78, 5) is 12.3. The van der Waals surface area contributed by atoms with Gasteiger partial charge in [-0.1, -0.05) is 52.3 Å². The van der Waals surface area contributed by atoms with E-state index < -0.39 is 0 Å². The lowest BCUT2D eigenvalue weighted by atomic mass is 10.0. The summed E-state index contributed by atoms with van der Waals surface area (Å²) in [5, 5.41) is 0. The Morgan fingerprint density at radius 1 is 1.19 bits per heavy atom. The van der Waals surface area contributed by atoms with Crippen LogP contribution in [0.4, 0.5) is 0 Å². The SMILES string of the molecule is O=C(CCc1ccccc1Br)c1cccc(COPI)c1. The van der Waals surface area contributed by atoms with Gasteiger partial charge in [0.25, 0.3) is 0 Å². The van der Waals surface area contributed by atoms with Crippen molar-refractivity contribution in [2.24, 2.45) is 0 Å². The van der Waals surface area contributed by atoms with Crippen LogP contribution in [0.25, 0.3) is 0 Å². The molecule has 21 heavy (non-hydrogen) atoms. The highest BCUT2D eigenvalue weighted by Gasteiger charge is 2.08. The van der Waals surface area contributed by atoms with Crippen molar-refractivity contribution < 1.29 is 9.32 Å². The molecule has 5 heteroatoms. The molecule has 0 fully saturated rings. The average molecular weight is 477 g/mol. The van der Waals surface area contributed by atoms with Gasteiger partial charge in [0.2, 0.25) is 0 Å².